The zero-order valence-corrected chi connectivity index (χ0v) is 17.2. The van der Waals surface area contributed by atoms with E-state index in [0.29, 0.717) is 24.5 Å². The second kappa shape index (κ2) is 11.3. The topological polar surface area (TPSA) is 94.9 Å². The van der Waals surface area contributed by atoms with Crippen LogP contribution in [-0.2, 0) is 35.3 Å². The normalized spacial score (nSPS) is 14.0. The highest BCUT2D eigenvalue weighted by atomic mass is 16.4. The molecule has 160 valence electrons. The van der Waals surface area contributed by atoms with Gasteiger partial charge in [0.05, 0.1) is 6.54 Å². The Balaban J connectivity index is 0.000000343. The van der Waals surface area contributed by atoms with Crippen LogP contribution in [0.25, 0.3) is 0 Å². The van der Waals surface area contributed by atoms with Gasteiger partial charge in [-0.1, -0.05) is 18.2 Å². The second-order valence-electron chi connectivity index (χ2n) is 7.44. The van der Waals surface area contributed by atoms with Gasteiger partial charge < -0.3 is 10.2 Å². The zero-order chi connectivity index (χ0) is 22.1. The summed E-state index contributed by atoms with van der Waals surface area (Å²) in [4.78, 5) is 34.2. The third kappa shape index (κ3) is 6.26. The largest absolute Gasteiger partial charge is 0.478 e. The number of hydrogen-bond donors (Lipinski definition) is 2. The molecule has 2 aliphatic carbocycles. The van der Waals surface area contributed by atoms with Crippen molar-refractivity contribution in [1.82, 2.24) is 4.90 Å². The summed E-state index contributed by atoms with van der Waals surface area (Å²) in [6.07, 6.45) is 11.7. The van der Waals surface area contributed by atoms with Crippen molar-refractivity contribution < 1.29 is 24.6 Å². The molecule has 0 radical (unpaired) electrons. The van der Waals surface area contributed by atoms with Crippen molar-refractivity contribution in [3.05, 3.63) is 71.3 Å². The van der Waals surface area contributed by atoms with E-state index in [0.717, 1.165) is 44.3 Å². The standard InChI is InChI=1S/C20H25NO.C4H4O4/c1-3-11-21(12-4-2)14-19(22)20-17-9-5-7-15(17)13-16-8-6-10-18(16)20;5-3(6)1-2-4(7)8/h3-4,13H,1-2,5-12,14H2;1-2H,(H,5,6)(H,7,8)/b;2-1+. The van der Waals surface area contributed by atoms with Crippen LogP contribution in [0.3, 0.4) is 0 Å². The van der Waals surface area contributed by atoms with E-state index in [2.05, 4.69) is 24.1 Å². The number of fused-ring (bicyclic) bond motifs is 2. The first-order valence-corrected chi connectivity index (χ1v) is 10.1. The molecular weight excluding hydrogens is 382 g/mol. The molecule has 0 unspecified atom stereocenters. The van der Waals surface area contributed by atoms with Crippen molar-refractivity contribution in [3.8, 4) is 0 Å². The number of hydrogen-bond acceptors (Lipinski definition) is 4. The Labute approximate surface area is 177 Å². The Hall–Kier alpha value is -2.99. The van der Waals surface area contributed by atoms with Crippen molar-refractivity contribution >= 4 is 17.7 Å². The number of ketones is 1. The molecule has 0 aliphatic heterocycles. The van der Waals surface area contributed by atoms with E-state index in [1.54, 1.807) is 0 Å². The molecule has 3 rings (SSSR count). The van der Waals surface area contributed by atoms with Crippen LogP contribution in [-0.4, -0.2) is 52.5 Å². The zero-order valence-electron chi connectivity index (χ0n) is 17.2. The van der Waals surface area contributed by atoms with E-state index < -0.39 is 11.9 Å². The molecule has 0 bridgehead atoms. The highest BCUT2D eigenvalue weighted by Crippen LogP contribution is 2.35. The minimum Gasteiger partial charge on any atom is -0.478 e. The maximum Gasteiger partial charge on any atom is 0.328 e. The number of aliphatic carboxylic acids is 2. The maximum atomic E-state index is 13.0. The highest BCUT2D eigenvalue weighted by Gasteiger charge is 2.27. The summed E-state index contributed by atoms with van der Waals surface area (Å²) in [7, 11) is 0. The lowest BCUT2D eigenvalue weighted by Gasteiger charge is -2.20. The van der Waals surface area contributed by atoms with Gasteiger partial charge in [0.25, 0.3) is 0 Å². The van der Waals surface area contributed by atoms with Gasteiger partial charge in [0.2, 0.25) is 0 Å². The molecular formula is C24H29NO5. The number of rotatable bonds is 9. The predicted octanol–water partition coefficient (Wildman–Crippen LogP) is 3.23. The molecule has 0 heterocycles. The van der Waals surface area contributed by atoms with Gasteiger partial charge in [-0.15, -0.1) is 13.2 Å². The summed E-state index contributed by atoms with van der Waals surface area (Å²) < 4.78 is 0. The summed E-state index contributed by atoms with van der Waals surface area (Å²) in [5, 5.41) is 15.6. The molecule has 0 saturated heterocycles. The third-order valence-corrected chi connectivity index (χ3v) is 5.26. The van der Waals surface area contributed by atoms with Crippen LogP contribution in [0.15, 0.2) is 43.5 Å². The third-order valence-electron chi connectivity index (χ3n) is 5.26. The fraction of sp³-hybridized carbons (Fsp3) is 0.375. The van der Waals surface area contributed by atoms with E-state index in [9.17, 15) is 14.4 Å². The number of carbonyl (C=O) groups excluding carboxylic acids is 1. The smallest absolute Gasteiger partial charge is 0.328 e. The van der Waals surface area contributed by atoms with Crippen molar-refractivity contribution in [2.45, 2.75) is 38.5 Å². The number of aryl methyl sites for hydroxylation is 2. The molecule has 0 spiro atoms. The average Bonchev–Trinajstić information content (AvgIpc) is 3.34. The summed E-state index contributed by atoms with van der Waals surface area (Å²) >= 11 is 0. The molecule has 6 nitrogen and oxygen atoms in total. The van der Waals surface area contributed by atoms with Crippen LogP contribution >= 0.6 is 0 Å². The SMILES string of the molecule is C=CCN(CC=C)CC(=O)c1c2c(cc3c1CCC3)CCC2.O=C(O)/C=C/C(=O)O. The molecule has 2 aliphatic rings. The lowest BCUT2D eigenvalue weighted by atomic mass is 9.91. The van der Waals surface area contributed by atoms with Gasteiger partial charge in [-0.25, -0.2) is 9.59 Å². The van der Waals surface area contributed by atoms with E-state index in [4.69, 9.17) is 10.2 Å². The van der Waals surface area contributed by atoms with Crippen LogP contribution < -0.4 is 0 Å². The van der Waals surface area contributed by atoms with Gasteiger partial charge >= 0.3 is 11.9 Å². The van der Waals surface area contributed by atoms with Gasteiger partial charge in [0.1, 0.15) is 0 Å². The minimum absolute atomic E-state index is 0.292. The van der Waals surface area contributed by atoms with Crippen molar-refractivity contribution in [3.63, 3.8) is 0 Å². The number of carboxylic acids is 2. The molecule has 0 atom stereocenters. The Morgan fingerprint density at radius 1 is 0.867 bits per heavy atom. The molecule has 1 aromatic rings. The Morgan fingerprint density at radius 2 is 1.33 bits per heavy atom. The first-order chi connectivity index (χ1) is 14.4. The lowest BCUT2D eigenvalue weighted by Crippen LogP contribution is -2.31. The maximum absolute atomic E-state index is 13.0. The highest BCUT2D eigenvalue weighted by molar-refractivity contribution is 6.01. The number of carboxylic acid groups (broad SMARTS) is 2. The number of Topliss-reactive ketones (excluding diaryl/α,β-unsaturated/α-hetero) is 1. The summed E-state index contributed by atoms with van der Waals surface area (Å²) in [6.45, 7) is 9.52. The number of nitrogens with zero attached hydrogens (tertiary/aromatic N) is 1. The lowest BCUT2D eigenvalue weighted by molar-refractivity contribution is -0.134. The van der Waals surface area contributed by atoms with Gasteiger partial charge in [0.15, 0.2) is 5.78 Å². The molecule has 0 aromatic heterocycles. The van der Waals surface area contributed by atoms with E-state index in [-0.39, 0.29) is 0 Å². The van der Waals surface area contributed by atoms with Crippen LogP contribution in [0.5, 0.6) is 0 Å². The van der Waals surface area contributed by atoms with Gasteiger partial charge in [-0.05, 0) is 60.8 Å². The number of benzene rings is 1. The summed E-state index contributed by atoms with van der Waals surface area (Å²) in [5.41, 5.74) is 6.64. The van der Waals surface area contributed by atoms with Crippen molar-refractivity contribution in [2.24, 2.45) is 0 Å². The predicted molar refractivity (Wildman–Crippen MR) is 116 cm³/mol. The average molecular weight is 411 g/mol. The van der Waals surface area contributed by atoms with Crippen LogP contribution in [0, 0.1) is 0 Å². The summed E-state index contributed by atoms with van der Waals surface area (Å²) in [6, 6.07) is 2.38. The first-order valence-electron chi connectivity index (χ1n) is 10.1. The fourth-order valence-electron chi connectivity index (χ4n) is 4.15. The van der Waals surface area contributed by atoms with Gasteiger partial charge in [-0.3, -0.25) is 9.69 Å². The molecule has 1 aromatic carbocycles. The fourth-order valence-corrected chi connectivity index (χ4v) is 4.15. The molecule has 0 amide bonds. The number of carbonyl (C=O) groups is 3. The van der Waals surface area contributed by atoms with Gasteiger partial charge in [0, 0.05) is 30.8 Å². The molecule has 0 fully saturated rings. The van der Waals surface area contributed by atoms with Gasteiger partial charge in [-0.2, -0.15) is 0 Å². The van der Waals surface area contributed by atoms with E-state index >= 15 is 0 Å². The summed E-state index contributed by atoms with van der Waals surface area (Å²) in [5.74, 6) is -2.22. The van der Waals surface area contributed by atoms with Crippen LogP contribution in [0.2, 0.25) is 0 Å². The van der Waals surface area contributed by atoms with Crippen LogP contribution in [0.1, 0.15) is 45.5 Å². The van der Waals surface area contributed by atoms with Crippen LogP contribution in [0.4, 0.5) is 0 Å². The minimum atomic E-state index is -1.26. The molecule has 30 heavy (non-hydrogen) atoms. The molecule has 6 heteroatoms. The Morgan fingerprint density at radius 3 is 1.73 bits per heavy atom. The Kier molecular flexibility index (Phi) is 8.74. The molecule has 2 N–H and O–H groups in total. The first kappa shape index (κ1) is 23.3. The second-order valence-corrected chi connectivity index (χ2v) is 7.44. The monoisotopic (exact) mass is 411 g/mol. The van der Waals surface area contributed by atoms with E-state index in [1.165, 1.54) is 35.1 Å². The molecule has 0 saturated carbocycles. The van der Waals surface area contributed by atoms with E-state index in [1.807, 2.05) is 12.2 Å². The quantitative estimate of drug-likeness (QED) is 0.368. The Bertz CT molecular complexity index is 811. The van der Waals surface area contributed by atoms with Crippen molar-refractivity contribution in [2.75, 3.05) is 19.6 Å². The van der Waals surface area contributed by atoms with Crippen molar-refractivity contribution in [1.29, 1.82) is 0 Å².